The first-order valence-corrected chi connectivity index (χ1v) is 7.69. The van der Waals surface area contributed by atoms with Gasteiger partial charge in [0.25, 0.3) is 5.91 Å². The molecule has 0 atom stereocenters. The first kappa shape index (κ1) is 12.8. The molecule has 5 heteroatoms. The van der Waals surface area contributed by atoms with E-state index >= 15 is 0 Å². The molecule has 0 saturated carbocycles. The normalized spacial score (nSPS) is 10.2. The predicted octanol–water partition coefficient (Wildman–Crippen LogP) is 4.66. The number of benzene rings is 1. The lowest BCUT2D eigenvalue weighted by Gasteiger charge is -2.04. The molecule has 1 heterocycles. The number of thiophene rings is 1. The Hall–Kier alpha value is -0.650. The number of carbonyl (C=O) groups is 1. The summed E-state index contributed by atoms with van der Waals surface area (Å²) in [6.45, 7) is 0. The molecule has 0 bridgehead atoms. The van der Waals surface area contributed by atoms with E-state index in [-0.39, 0.29) is 5.91 Å². The molecular weight excluding hydrogens is 366 g/mol. The van der Waals surface area contributed by atoms with Gasteiger partial charge in [0.15, 0.2) is 0 Å². The number of carbonyl (C=O) groups excluding carboxylic acids is 1. The summed E-state index contributed by atoms with van der Waals surface area (Å²) in [5.74, 6) is -0.0848. The molecule has 1 aromatic carbocycles. The topological polar surface area (TPSA) is 29.1 Å². The first-order valence-electron chi connectivity index (χ1n) is 4.90. The van der Waals surface area contributed by atoms with E-state index in [1.54, 1.807) is 0 Å². The third-order valence-electron chi connectivity index (χ3n) is 2.19. The molecule has 1 aromatic heterocycles. The summed E-state index contributed by atoms with van der Waals surface area (Å²) < 4.78 is 0.831. The minimum Gasteiger partial charge on any atom is -0.321 e. The fourth-order valence-electron chi connectivity index (χ4n) is 1.32. The second-order valence-electron chi connectivity index (χ2n) is 3.38. The van der Waals surface area contributed by atoms with Gasteiger partial charge >= 0.3 is 0 Å². The molecule has 0 fully saturated rings. The highest BCUT2D eigenvalue weighted by Gasteiger charge is 2.11. The Balaban J connectivity index is 2.10. The van der Waals surface area contributed by atoms with Crippen molar-refractivity contribution in [1.82, 2.24) is 0 Å². The molecule has 1 N–H and O–H groups in total. The van der Waals surface area contributed by atoms with Gasteiger partial charge in [0.1, 0.15) is 4.88 Å². The maximum atomic E-state index is 11.9. The van der Waals surface area contributed by atoms with Crippen LogP contribution in [0.5, 0.6) is 0 Å². The van der Waals surface area contributed by atoms with E-state index in [9.17, 15) is 4.79 Å². The van der Waals surface area contributed by atoms with Crippen LogP contribution in [0.4, 0.5) is 5.69 Å². The van der Waals surface area contributed by atoms with Crippen LogP contribution < -0.4 is 5.32 Å². The molecule has 2 aromatic rings. The maximum absolute atomic E-state index is 11.9. The van der Waals surface area contributed by atoms with Crippen molar-refractivity contribution in [3.05, 3.63) is 50.6 Å². The molecule has 0 radical (unpaired) electrons. The van der Waals surface area contributed by atoms with Crippen molar-refractivity contribution in [1.29, 1.82) is 0 Å². The lowest BCUT2D eigenvalue weighted by Crippen LogP contribution is -2.10. The zero-order valence-corrected chi connectivity index (χ0v) is 12.7. The summed E-state index contributed by atoms with van der Waals surface area (Å²) in [6.07, 6.45) is 0. The second kappa shape index (κ2) is 5.80. The van der Waals surface area contributed by atoms with Crippen LogP contribution in [0.1, 0.15) is 15.2 Å². The van der Waals surface area contributed by atoms with Crippen LogP contribution in [0.2, 0.25) is 0 Å². The largest absolute Gasteiger partial charge is 0.321 e. The molecule has 1 amide bonds. The number of hydrogen-bond donors (Lipinski definition) is 1. The number of rotatable bonds is 3. The molecule has 0 spiro atoms. The summed E-state index contributed by atoms with van der Waals surface area (Å²) in [5, 5.41) is 5.56. The van der Waals surface area contributed by atoms with Crippen LogP contribution >= 0.6 is 43.2 Å². The Kier molecular flexibility index (Phi) is 4.36. The van der Waals surface area contributed by atoms with Crippen LogP contribution in [-0.4, -0.2) is 5.91 Å². The van der Waals surface area contributed by atoms with Crippen molar-refractivity contribution in [3.8, 4) is 0 Å². The molecule has 88 valence electrons. The maximum Gasteiger partial charge on any atom is 0.266 e. The smallest absolute Gasteiger partial charge is 0.266 e. The van der Waals surface area contributed by atoms with Crippen molar-refractivity contribution in [2.75, 3.05) is 5.32 Å². The minimum atomic E-state index is -0.0848. The van der Waals surface area contributed by atoms with E-state index in [0.29, 0.717) is 4.88 Å². The zero-order chi connectivity index (χ0) is 12.3. The lowest BCUT2D eigenvalue weighted by atomic mass is 10.2. The summed E-state index contributed by atoms with van der Waals surface area (Å²) in [6, 6.07) is 9.63. The number of amides is 1. The number of halogens is 2. The fraction of sp³-hybridized carbons (Fsp3) is 0.0833. The molecule has 0 unspecified atom stereocenters. The van der Waals surface area contributed by atoms with Crippen LogP contribution in [0.3, 0.4) is 0 Å². The van der Waals surface area contributed by atoms with Crippen molar-refractivity contribution in [2.24, 2.45) is 0 Å². The van der Waals surface area contributed by atoms with Crippen LogP contribution in [0.25, 0.3) is 0 Å². The van der Waals surface area contributed by atoms with Gasteiger partial charge < -0.3 is 5.32 Å². The van der Waals surface area contributed by atoms with Gasteiger partial charge in [0.2, 0.25) is 0 Å². The Morgan fingerprint density at radius 2 is 1.94 bits per heavy atom. The van der Waals surface area contributed by atoms with Crippen LogP contribution in [0.15, 0.2) is 40.2 Å². The van der Waals surface area contributed by atoms with Gasteiger partial charge in [-0.15, -0.1) is 11.3 Å². The van der Waals surface area contributed by atoms with Gasteiger partial charge in [-0.2, -0.15) is 0 Å². The first-order chi connectivity index (χ1) is 8.20. The van der Waals surface area contributed by atoms with E-state index in [0.717, 1.165) is 15.5 Å². The summed E-state index contributed by atoms with van der Waals surface area (Å²) in [7, 11) is 0. The van der Waals surface area contributed by atoms with Crippen LogP contribution in [0, 0.1) is 0 Å². The molecule has 0 aliphatic rings. The zero-order valence-electron chi connectivity index (χ0n) is 8.74. The van der Waals surface area contributed by atoms with Crippen molar-refractivity contribution in [2.45, 2.75) is 5.33 Å². The number of anilines is 1. The number of alkyl halides is 1. The van der Waals surface area contributed by atoms with Gasteiger partial charge in [-0.3, -0.25) is 4.79 Å². The molecule has 0 aliphatic heterocycles. The lowest BCUT2D eigenvalue weighted by molar-refractivity contribution is 0.103. The molecule has 0 aliphatic carbocycles. The third-order valence-corrected chi connectivity index (χ3v) is 4.67. The average molecular weight is 375 g/mol. The highest BCUT2D eigenvalue weighted by atomic mass is 79.9. The van der Waals surface area contributed by atoms with Crippen molar-refractivity contribution < 1.29 is 4.79 Å². The Bertz CT molecular complexity index is 522. The fourth-order valence-corrected chi connectivity index (χ4v) is 3.14. The van der Waals surface area contributed by atoms with Gasteiger partial charge in [0, 0.05) is 15.5 Å². The van der Waals surface area contributed by atoms with Gasteiger partial charge in [0.05, 0.1) is 0 Å². The molecule has 0 saturated heterocycles. The standard InChI is InChI=1S/C12H9Br2NOS/c13-7-8-1-3-9(4-2-8)15-12(16)11-10(14)5-6-17-11/h1-6H,7H2,(H,15,16). The Morgan fingerprint density at radius 1 is 1.24 bits per heavy atom. The summed E-state index contributed by atoms with van der Waals surface area (Å²) in [5.41, 5.74) is 1.99. The van der Waals surface area contributed by atoms with Crippen LogP contribution in [-0.2, 0) is 5.33 Å². The average Bonchev–Trinajstić information content (AvgIpc) is 2.76. The number of hydrogen-bond acceptors (Lipinski definition) is 2. The molecule has 2 rings (SSSR count). The van der Waals surface area contributed by atoms with Gasteiger partial charge in [-0.25, -0.2) is 0 Å². The van der Waals surface area contributed by atoms with E-state index in [1.165, 1.54) is 16.9 Å². The molecule has 2 nitrogen and oxygen atoms in total. The molecule has 17 heavy (non-hydrogen) atoms. The van der Waals surface area contributed by atoms with E-state index < -0.39 is 0 Å². The monoisotopic (exact) mass is 373 g/mol. The third kappa shape index (κ3) is 3.18. The van der Waals surface area contributed by atoms with E-state index in [1.807, 2.05) is 35.7 Å². The summed E-state index contributed by atoms with van der Waals surface area (Å²) >= 11 is 8.15. The Labute approximate surface area is 120 Å². The second-order valence-corrected chi connectivity index (χ2v) is 5.71. The highest BCUT2D eigenvalue weighted by Crippen LogP contribution is 2.23. The SMILES string of the molecule is O=C(Nc1ccc(CBr)cc1)c1sccc1Br. The van der Waals surface area contributed by atoms with Gasteiger partial charge in [-0.05, 0) is 45.1 Å². The van der Waals surface area contributed by atoms with Gasteiger partial charge in [-0.1, -0.05) is 28.1 Å². The molecular formula is C12H9Br2NOS. The number of nitrogens with one attached hydrogen (secondary N) is 1. The summed E-state index contributed by atoms with van der Waals surface area (Å²) in [4.78, 5) is 12.6. The predicted molar refractivity (Wildman–Crippen MR) is 79.0 cm³/mol. The Morgan fingerprint density at radius 3 is 2.47 bits per heavy atom. The van der Waals surface area contributed by atoms with E-state index in [4.69, 9.17) is 0 Å². The highest BCUT2D eigenvalue weighted by molar-refractivity contribution is 9.10. The minimum absolute atomic E-state index is 0.0848. The van der Waals surface area contributed by atoms with E-state index in [2.05, 4.69) is 37.2 Å². The quantitative estimate of drug-likeness (QED) is 0.778. The van der Waals surface area contributed by atoms with Crippen molar-refractivity contribution >= 4 is 54.8 Å². The van der Waals surface area contributed by atoms with Crippen molar-refractivity contribution in [3.63, 3.8) is 0 Å².